The Morgan fingerprint density at radius 2 is 2.28 bits per heavy atom. The number of amides is 1. The Labute approximate surface area is 114 Å². The molecule has 1 amide bonds. The summed E-state index contributed by atoms with van der Waals surface area (Å²) >= 11 is 3.07. The van der Waals surface area contributed by atoms with E-state index in [1.165, 1.54) is 6.07 Å². The maximum atomic E-state index is 13.4. The van der Waals surface area contributed by atoms with Crippen molar-refractivity contribution in [1.82, 2.24) is 4.90 Å². The molecule has 2 unspecified atom stereocenters. The molecule has 1 aliphatic heterocycles. The van der Waals surface area contributed by atoms with E-state index in [2.05, 4.69) is 15.9 Å². The lowest BCUT2D eigenvalue weighted by atomic mass is 10.1. The molecular weight excluding hydrogens is 301 g/mol. The largest absolute Gasteiger partial charge is 0.376 e. The second-order valence-corrected chi connectivity index (χ2v) is 5.33. The predicted molar refractivity (Wildman–Crippen MR) is 70.0 cm³/mol. The van der Waals surface area contributed by atoms with Gasteiger partial charge in [-0.1, -0.05) is 0 Å². The molecule has 0 saturated carbocycles. The Kier molecular flexibility index (Phi) is 4.02. The van der Waals surface area contributed by atoms with Gasteiger partial charge in [0.1, 0.15) is 5.82 Å². The fraction of sp³-hybridized carbons (Fsp3) is 0.462. The first-order chi connectivity index (χ1) is 8.50. The van der Waals surface area contributed by atoms with Gasteiger partial charge in [-0.3, -0.25) is 4.79 Å². The molecule has 18 heavy (non-hydrogen) atoms. The van der Waals surface area contributed by atoms with Crippen molar-refractivity contribution in [3.63, 3.8) is 0 Å². The molecular formula is C13H15BrFNO2. The molecule has 0 bridgehead atoms. The van der Waals surface area contributed by atoms with E-state index < -0.39 is 5.82 Å². The standard InChI is InChI=1S/C13H15BrFNO2/c1-8-12(5-6-18-8)16(2)13(17)9-3-4-10(14)11(15)7-9/h3-4,7-8,12H,5-6H2,1-2H3. The molecule has 1 aromatic rings. The quantitative estimate of drug-likeness (QED) is 0.840. The minimum atomic E-state index is -0.426. The first-order valence-corrected chi connectivity index (χ1v) is 6.64. The molecule has 3 nitrogen and oxygen atoms in total. The number of hydrogen-bond acceptors (Lipinski definition) is 2. The van der Waals surface area contributed by atoms with Gasteiger partial charge in [-0.2, -0.15) is 0 Å². The lowest BCUT2D eigenvalue weighted by Gasteiger charge is -2.26. The molecule has 0 aliphatic carbocycles. The highest BCUT2D eigenvalue weighted by Crippen LogP contribution is 2.22. The number of benzene rings is 1. The van der Waals surface area contributed by atoms with Crippen molar-refractivity contribution in [3.8, 4) is 0 Å². The SMILES string of the molecule is CC1OCCC1N(C)C(=O)c1ccc(Br)c(F)c1. The smallest absolute Gasteiger partial charge is 0.254 e. The van der Waals surface area contributed by atoms with Gasteiger partial charge in [0.05, 0.1) is 16.6 Å². The molecule has 1 aliphatic rings. The normalized spacial score (nSPS) is 23.1. The van der Waals surface area contributed by atoms with E-state index in [9.17, 15) is 9.18 Å². The van der Waals surface area contributed by atoms with E-state index in [4.69, 9.17) is 4.74 Å². The van der Waals surface area contributed by atoms with Crippen LogP contribution < -0.4 is 0 Å². The zero-order valence-corrected chi connectivity index (χ0v) is 11.9. The van der Waals surface area contributed by atoms with Crippen molar-refractivity contribution < 1.29 is 13.9 Å². The van der Waals surface area contributed by atoms with Gasteiger partial charge in [0.25, 0.3) is 5.91 Å². The number of carbonyl (C=O) groups excluding carboxylic acids is 1. The van der Waals surface area contributed by atoms with Crippen molar-refractivity contribution in [2.75, 3.05) is 13.7 Å². The van der Waals surface area contributed by atoms with Crippen molar-refractivity contribution in [2.24, 2.45) is 0 Å². The zero-order chi connectivity index (χ0) is 13.3. The van der Waals surface area contributed by atoms with E-state index in [1.807, 2.05) is 6.92 Å². The molecule has 98 valence electrons. The Hall–Kier alpha value is -0.940. The second-order valence-electron chi connectivity index (χ2n) is 4.48. The Morgan fingerprint density at radius 1 is 1.56 bits per heavy atom. The molecule has 0 aromatic heterocycles. The molecule has 2 atom stereocenters. The van der Waals surface area contributed by atoms with Gasteiger partial charge in [-0.15, -0.1) is 0 Å². The average Bonchev–Trinajstić information content (AvgIpc) is 2.77. The fourth-order valence-electron chi connectivity index (χ4n) is 2.21. The molecule has 1 aromatic carbocycles. The second kappa shape index (κ2) is 5.36. The summed E-state index contributed by atoms with van der Waals surface area (Å²) in [5, 5.41) is 0. The Balaban J connectivity index is 2.17. The minimum absolute atomic E-state index is 0.0271. The van der Waals surface area contributed by atoms with Gasteiger partial charge >= 0.3 is 0 Å². The summed E-state index contributed by atoms with van der Waals surface area (Å²) in [6.07, 6.45) is 0.849. The van der Waals surface area contributed by atoms with Crippen molar-refractivity contribution in [1.29, 1.82) is 0 Å². The van der Waals surface area contributed by atoms with Crippen LogP contribution in [0.1, 0.15) is 23.7 Å². The van der Waals surface area contributed by atoms with Crippen LogP contribution in [-0.2, 0) is 4.74 Å². The number of hydrogen-bond donors (Lipinski definition) is 0. The summed E-state index contributed by atoms with van der Waals surface area (Å²) in [7, 11) is 1.73. The molecule has 0 N–H and O–H groups in total. The van der Waals surface area contributed by atoms with Crippen molar-refractivity contribution >= 4 is 21.8 Å². The molecule has 0 spiro atoms. The summed E-state index contributed by atoms with van der Waals surface area (Å²) in [6, 6.07) is 4.48. The first kappa shape index (κ1) is 13.5. The van der Waals surface area contributed by atoms with Gasteiger partial charge < -0.3 is 9.64 Å². The number of carbonyl (C=O) groups is 1. The van der Waals surface area contributed by atoms with Crippen LogP contribution in [0.15, 0.2) is 22.7 Å². The topological polar surface area (TPSA) is 29.5 Å². The highest BCUT2D eigenvalue weighted by atomic mass is 79.9. The van der Waals surface area contributed by atoms with E-state index in [-0.39, 0.29) is 18.1 Å². The van der Waals surface area contributed by atoms with E-state index >= 15 is 0 Å². The van der Waals surface area contributed by atoms with Crippen molar-refractivity contribution in [2.45, 2.75) is 25.5 Å². The van der Waals surface area contributed by atoms with E-state index in [0.29, 0.717) is 16.6 Å². The summed E-state index contributed by atoms with van der Waals surface area (Å²) in [6.45, 7) is 2.61. The van der Waals surface area contributed by atoms with Crippen LogP contribution in [0.25, 0.3) is 0 Å². The average molecular weight is 316 g/mol. The predicted octanol–water partition coefficient (Wildman–Crippen LogP) is 2.84. The van der Waals surface area contributed by atoms with Gasteiger partial charge in [0, 0.05) is 19.2 Å². The third kappa shape index (κ3) is 2.57. The van der Waals surface area contributed by atoms with Crippen LogP contribution in [0.2, 0.25) is 0 Å². The van der Waals surface area contributed by atoms with Gasteiger partial charge in [0.15, 0.2) is 0 Å². The number of ether oxygens (including phenoxy) is 1. The minimum Gasteiger partial charge on any atom is -0.376 e. The van der Waals surface area contributed by atoms with Crippen LogP contribution in [0.4, 0.5) is 4.39 Å². The number of likely N-dealkylation sites (N-methyl/N-ethyl adjacent to an activating group) is 1. The lowest BCUT2D eigenvalue weighted by Crippen LogP contribution is -2.41. The van der Waals surface area contributed by atoms with Crippen LogP contribution in [0, 0.1) is 5.82 Å². The maximum Gasteiger partial charge on any atom is 0.254 e. The highest BCUT2D eigenvalue weighted by molar-refractivity contribution is 9.10. The van der Waals surface area contributed by atoms with Gasteiger partial charge in [0.2, 0.25) is 0 Å². The molecule has 2 rings (SSSR count). The summed E-state index contributed by atoms with van der Waals surface area (Å²) in [5.74, 6) is -0.603. The van der Waals surface area contributed by atoms with Crippen LogP contribution in [0.3, 0.4) is 0 Å². The fourth-order valence-corrected chi connectivity index (χ4v) is 2.46. The number of nitrogens with zero attached hydrogens (tertiary/aromatic N) is 1. The summed E-state index contributed by atoms with van der Waals surface area (Å²) in [4.78, 5) is 13.9. The number of halogens is 2. The molecule has 5 heteroatoms. The summed E-state index contributed by atoms with van der Waals surface area (Å²) in [5.41, 5.74) is 0.359. The van der Waals surface area contributed by atoms with Gasteiger partial charge in [-0.05, 0) is 47.5 Å². The van der Waals surface area contributed by atoms with E-state index in [0.717, 1.165) is 6.42 Å². The van der Waals surface area contributed by atoms with Crippen LogP contribution in [-0.4, -0.2) is 36.6 Å². The van der Waals surface area contributed by atoms with Crippen molar-refractivity contribution in [3.05, 3.63) is 34.1 Å². The van der Waals surface area contributed by atoms with Crippen LogP contribution >= 0.6 is 15.9 Å². The Morgan fingerprint density at radius 3 is 2.83 bits per heavy atom. The van der Waals surface area contributed by atoms with E-state index in [1.54, 1.807) is 24.1 Å². The van der Waals surface area contributed by atoms with Crippen LogP contribution in [0.5, 0.6) is 0 Å². The molecule has 1 heterocycles. The number of rotatable bonds is 2. The Bertz CT molecular complexity index is 466. The first-order valence-electron chi connectivity index (χ1n) is 5.84. The third-order valence-electron chi connectivity index (χ3n) is 3.32. The molecule has 0 radical (unpaired) electrons. The maximum absolute atomic E-state index is 13.4. The molecule has 1 saturated heterocycles. The summed E-state index contributed by atoms with van der Waals surface area (Å²) < 4.78 is 19.2. The third-order valence-corrected chi connectivity index (χ3v) is 3.96. The van der Waals surface area contributed by atoms with Gasteiger partial charge in [-0.25, -0.2) is 4.39 Å². The highest BCUT2D eigenvalue weighted by Gasteiger charge is 2.31. The monoisotopic (exact) mass is 315 g/mol. The zero-order valence-electron chi connectivity index (χ0n) is 10.3. The molecule has 1 fully saturated rings. The lowest BCUT2D eigenvalue weighted by molar-refractivity contribution is 0.0574.